The van der Waals surface area contributed by atoms with Crippen molar-refractivity contribution in [1.82, 2.24) is 0 Å². The molecule has 0 aromatic heterocycles. The summed E-state index contributed by atoms with van der Waals surface area (Å²) >= 11 is 0. The summed E-state index contributed by atoms with van der Waals surface area (Å²) in [5, 5.41) is 0. The molecule has 0 aromatic rings. The second-order valence-electron chi connectivity index (χ2n) is 7.70. The maximum absolute atomic E-state index is 11.0. The first-order valence-electron chi connectivity index (χ1n) is 7.69. The maximum Gasteiger partial charge on any atom is 0.302 e. The fourth-order valence-electron chi connectivity index (χ4n) is 4.78. The first-order valence-corrected chi connectivity index (χ1v) is 7.69. The van der Waals surface area contributed by atoms with Gasteiger partial charge in [0.15, 0.2) is 5.79 Å². The molecule has 4 fully saturated rings. The van der Waals surface area contributed by atoms with Crippen LogP contribution >= 0.6 is 0 Å². The van der Waals surface area contributed by atoms with Gasteiger partial charge in [-0.1, -0.05) is 13.8 Å². The van der Waals surface area contributed by atoms with Crippen LogP contribution in [-0.4, -0.2) is 30.1 Å². The van der Waals surface area contributed by atoms with Gasteiger partial charge >= 0.3 is 5.97 Å². The molecule has 3 saturated carbocycles. The maximum atomic E-state index is 11.0. The molecule has 0 unspecified atom stereocenters. The van der Waals surface area contributed by atoms with Crippen LogP contribution in [0.3, 0.4) is 0 Å². The molecular formula is C16H26O4. The Morgan fingerprint density at radius 2 is 1.95 bits per heavy atom. The summed E-state index contributed by atoms with van der Waals surface area (Å²) in [7, 11) is 0. The number of esters is 1. The molecule has 4 aliphatic rings. The number of carbonyl (C=O) groups excluding carboxylic acids is 1. The highest BCUT2D eigenvalue weighted by Crippen LogP contribution is 2.67. The standard InChI is InChI=1S/C16H26O4/c1-10(17)18-7-6-16-12-8-11(14(12,2)3)9-13(16)19-15(4,5)20-16/h11-13H,6-9H2,1-5H3/t11-,12-,13+,16-/m1/s1. The van der Waals surface area contributed by atoms with E-state index in [1.54, 1.807) is 0 Å². The molecule has 114 valence electrons. The molecule has 0 amide bonds. The van der Waals surface area contributed by atoms with Crippen molar-refractivity contribution in [3.8, 4) is 0 Å². The zero-order valence-corrected chi connectivity index (χ0v) is 13.2. The molecular weight excluding hydrogens is 256 g/mol. The monoisotopic (exact) mass is 282 g/mol. The highest BCUT2D eigenvalue weighted by molar-refractivity contribution is 5.65. The van der Waals surface area contributed by atoms with Crippen LogP contribution in [-0.2, 0) is 19.0 Å². The normalized spacial score (nSPS) is 43.5. The number of carbonyl (C=O) groups is 1. The molecule has 0 radical (unpaired) electrons. The summed E-state index contributed by atoms with van der Waals surface area (Å²) in [5.74, 6) is 0.472. The molecule has 0 N–H and O–H groups in total. The molecule has 0 spiro atoms. The van der Waals surface area contributed by atoms with E-state index >= 15 is 0 Å². The molecule has 4 nitrogen and oxygen atoms in total. The second kappa shape index (κ2) is 4.20. The van der Waals surface area contributed by atoms with Crippen LogP contribution in [0.25, 0.3) is 0 Å². The van der Waals surface area contributed by atoms with E-state index in [4.69, 9.17) is 14.2 Å². The van der Waals surface area contributed by atoms with Crippen LogP contribution in [0.4, 0.5) is 0 Å². The summed E-state index contributed by atoms with van der Waals surface area (Å²) in [6.45, 7) is 10.5. The van der Waals surface area contributed by atoms with Gasteiger partial charge in [0, 0.05) is 13.3 Å². The Labute approximate surface area is 121 Å². The van der Waals surface area contributed by atoms with Crippen LogP contribution in [0.2, 0.25) is 0 Å². The van der Waals surface area contributed by atoms with E-state index in [1.807, 2.05) is 13.8 Å². The molecule has 0 aromatic carbocycles. The van der Waals surface area contributed by atoms with Crippen LogP contribution in [0.15, 0.2) is 0 Å². The fraction of sp³-hybridized carbons (Fsp3) is 0.938. The van der Waals surface area contributed by atoms with Gasteiger partial charge in [0.05, 0.1) is 12.7 Å². The van der Waals surface area contributed by atoms with E-state index in [-0.39, 0.29) is 17.7 Å². The van der Waals surface area contributed by atoms with Crippen molar-refractivity contribution in [3.05, 3.63) is 0 Å². The SMILES string of the molecule is CC(=O)OCC[C@]12OC(C)(C)O[C@H]1C[C@H]1C[C@@H]2C1(C)C. The van der Waals surface area contributed by atoms with Crippen LogP contribution < -0.4 is 0 Å². The van der Waals surface area contributed by atoms with Gasteiger partial charge in [-0.2, -0.15) is 0 Å². The summed E-state index contributed by atoms with van der Waals surface area (Å²) < 4.78 is 17.7. The molecule has 4 atom stereocenters. The molecule has 2 bridgehead atoms. The largest absolute Gasteiger partial charge is 0.466 e. The molecule has 4 heteroatoms. The lowest BCUT2D eigenvalue weighted by Crippen LogP contribution is -2.67. The lowest BCUT2D eigenvalue weighted by Gasteiger charge is -2.64. The lowest BCUT2D eigenvalue weighted by molar-refractivity contribution is -0.234. The van der Waals surface area contributed by atoms with E-state index < -0.39 is 5.79 Å². The highest BCUT2D eigenvalue weighted by atomic mass is 16.8. The van der Waals surface area contributed by atoms with Gasteiger partial charge in [0.2, 0.25) is 0 Å². The van der Waals surface area contributed by atoms with Crippen LogP contribution in [0.1, 0.15) is 53.9 Å². The minimum absolute atomic E-state index is 0.143. The van der Waals surface area contributed by atoms with Gasteiger partial charge in [-0.15, -0.1) is 0 Å². The number of ether oxygens (including phenoxy) is 3. The topological polar surface area (TPSA) is 44.8 Å². The molecule has 1 aliphatic heterocycles. The molecule has 20 heavy (non-hydrogen) atoms. The van der Waals surface area contributed by atoms with Gasteiger partial charge in [-0.05, 0) is 43.9 Å². The van der Waals surface area contributed by atoms with Crippen LogP contribution in [0.5, 0.6) is 0 Å². The van der Waals surface area contributed by atoms with Gasteiger partial charge in [-0.25, -0.2) is 0 Å². The lowest BCUT2D eigenvalue weighted by atomic mass is 9.43. The average Bonchev–Trinajstić information content (AvgIpc) is 2.57. The summed E-state index contributed by atoms with van der Waals surface area (Å²) in [5.41, 5.74) is 0.0215. The van der Waals surface area contributed by atoms with Gasteiger partial charge in [0.25, 0.3) is 0 Å². The Hall–Kier alpha value is -0.610. The highest BCUT2D eigenvalue weighted by Gasteiger charge is 2.70. The van der Waals surface area contributed by atoms with E-state index in [1.165, 1.54) is 13.3 Å². The number of hydrogen-bond donors (Lipinski definition) is 0. The Bertz CT molecular complexity index is 428. The smallest absolute Gasteiger partial charge is 0.302 e. The minimum Gasteiger partial charge on any atom is -0.466 e. The number of hydrogen-bond acceptors (Lipinski definition) is 4. The average molecular weight is 282 g/mol. The number of rotatable bonds is 3. The quantitative estimate of drug-likeness (QED) is 0.747. The van der Waals surface area contributed by atoms with E-state index in [0.717, 1.165) is 18.8 Å². The van der Waals surface area contributed by atoms with Crippen molar-refractivity contribution in [2.75, 3.05) is 6.61 Å². The molecule has 3 aliphatic carbocycles. The minimum atomic E-state index is -0.533. The van der Waals surface area contributed by atoms with Crippen molar-refractivity contribution < 1.29 is 19.0 Å². The van der Waals surface area contributed by atoms with E-state index in [9.17, 15) is 4.79 Å². The van der Waals surface area contributed by atoms with E-state index in [2.05, 4.69) is 13.8 Å². The summed E-state index contributed by atoms with van der Waals surface area (Å²) in [4.78, 5) is 11.0. The van der Waals surface area contributed by atoms with Crippen LogP contribution in [0, 0.1) is 17.3 Å². The zero-order valence-electron chi connectivity index (χ0n) is 13.2. The Morgan fingerprint density at radius 3 is 2.55 bits per heavy atom. The first kappa shape index (κ1) is 14.3. The Kier molecular flexibility index (Phi) is 3.01. The Morgan fingerprint density at radius 1 is 1.25 bits per heavy atom. The predicted molar refractivity (Wildman–Crippen MR) is 74.0 cm³/mol. The van der Waals surface area contributed by atoms with Gasteiger partial charge < -0.3 is 14.2 Å². The van der Waals surface area contributed by atoms with Crippen molar-refractivity contribution in [3.63, 3.8) is 0 Å². The van der Waals surface area contributed by atoms with Gasteiger partial charge in [-0.3, -0.25) is 4.79 Å². The third-order valence-electron chi connectivity index (χ3n) is 5.76. The molecule has 1 heterocycles. The van der Waals surface area contributed by atoms with Crippen molar-refractivity contribution >= 4 is 5.97 Å². The summed E-state index contributed by atoms with van der Waals surface area (Å²) in [6, 6.07) is 0. The van der Waals surface area contributed by atoms with Crippen molar-refractivity contribution in [1.29, 1.82) is 0 Å². The third-order valence-corrected chi connectivity index (χ3v) is 5.76. The van der Waals surface area contributed by atoms with Crippen molar-refractivity contribution in [2.24, 2.45) is 17.3 Å². The third kappa shape index (κ3) is 1.92. The predicted octanol–water partition coefficient (Wildman–Crippen LogP) is 2.90. The summed E-state index contributed by atoms with van der Waals surface area (Å²) in [6.07, 6.45) is 3.15. The van der Waals surface area contributed by atoms with Gasteiger partial charge in [0.1, 0.15) is 5.60 Å². The zero-order chi connectivity index (χ0) is 14.8. The fourth-order valence-corrected chi connectivity index (χ4v) is 4.78. The first-order chi connectivity index (χ1) is 9.17. The van der Waals surface area contributed by atoms with Crippen molar-refractivity contribution in [2.45, 2.75) is 71.4 Å². The second-order valence-corrected chi connectivity index (χ2v) is 7.70. The van der Waals surface area contributed by atoms with E-state index in [0.29, 0.717) is 17.9 Å². The molecule has 4 rings (SSSR count). The molecule has 1 saturated heterocycles. The Balaban J connectivity index is 1.83.